The van der Waals surface area contributed by atoms with Crippen molar-refractivity contribution in [1.82, 2.24) is 10.3 Å². The number of hydrogen-bond donors (Lipinski definition) is 3. The first-order valence-electron chi connectivity index (χ1n) is 10.9. The number of benzene rings is 2. The summed E-state index contributed by atoms with van der Waals surface area (Å²) in [5.74, 6) is 0.489. The molecule has 1 aromatic heterocycles. The molecule has 5 nitrogen and oxygen atoms in total. The van der Waals surface area contributed by atoms with Crippen molar-refractivity contribution in [3.8, 4) is 5.75 Å². The normalized spacial score (nSPS) is 25.3. The van der Waals surface area contributed by atoms with Gasteiger partial charge in [-0.1, -0.05) is 30.7 Å². The quantitative estimate of drug-likeness (QED) is 0.507. The zero-order valence-corrected chi connectivity index (χ0v) is 18.4. The van der Waals surface area contributed by atoms with Gasteiger partial charge in [-0.2, -0.15) is 0 Å². The lowest BCUT2D eigenvalue weighted by Gasteiger charge is -2.48. The van der Waals surface area contributed by atoms with Crippen molar-refractivity contribution in [2.45, 2.75) is 25.3 Å². The number of amides is 1. The summed E-state index contributed by atoms with van der Waals surface area (Å²) in [4.78, 5) is 17.8. The van der Waals surface area contributed by atoms with Crippen LogP contribution in [0.4, 0.5) is 10.1 Å². The molecular weight excluding hydrogens is 429 g/mol. The Hall–Kier alpha value is -2.99. The molecule has 3 heterocycles. The number of aromatic amines is 1. The molecule has 0 spiro atoms. The number of piperidine rings is 1. The Balaban J connectivity index is 1.54. The molecular formula is C25H25ClFN3O2. The van der Waals surface area contributed by atoms with Gasteiger partial charge in [0.15, 0.2) is 0 Å². The number of carbonyl (C=O) groups is 1. The van der Waals surface area contributed by atoms with E-state index in [1.807, 2.05) is 24.4 Å². The van der Waals surface area contributed by atoms with Gasteiger partial charge in [-0.25, -0.2) is 4.39 Å². The van der Waals surface area contributed by atoms with Crippen molar-refractivity contribution in [2.24, 2.45) is 11.8 Å². The number of phenolic OH excluding ortho intramolecular Hbond substituents is 1. The van der Waals surface area contributed by atoms with Crippen molar-refractivity contribution in [2.75, 3.05) is 18.0 Å². The van der Waals surface area contributed by atoms with Gasteiger partial charge in [0.2, 0.25) is 0 Å². The smallest absolute Gasteiger partial charge is 0.253 e. The molecule has 0 bridgehead atoms. The molecule has 3 N–H and O–H groups in total. The van der Waals surface area contributed by atoms with Crippen LogP contribution in [-0.2, 0) is 0 Å². The fraction of sp³-hybridized carbons (Fsp3) is 0.320. The molecule has 1 saturated heterocycles. The number of phenols is 1. The van der Waals surface area contributed by atoms with Gasteiger partial charge in [0.25, 0.3) is 5.91 Å². The second-order valence-corrected chi connectivity index (χ2v) is 9.29. The zero-order valence-electron chi connectivity index (χ0n) is 17.7. The number of carbonyl (C=O) groups excluding carboxylic acids is 1. The van der Waals surface area contributed by atoms with E-state index in [0.717, 1.165) is 23.4 Å². The van der Waals surface area contributed by atoms with Gasteiger partial charge in [-0.3, -0.25) is 4.79 Å². The van der Waals surface area contributed by atoms with Crippen molar-refractivity contribution in [1.29, 1.82) is 0 Å². The van der Waals surface area contributed by atoms with E-state index in [-0.39, 0.29) is 41.3 Å². The Bertz CT molecular complexity index is 1150. The first kappa shape index (κ1) is 20.9. The third-order valence-electron chi connectivity index (χ3n) is 6.88. The summed E-state index contributed by atoms with van der Waals surface area (Å²) in [7, 11) is 0. The second kappa shape index (κ2) is 8.17. The molecule has 2 aliphatic rings. The summed E-state index contributed by atoms with van der Waals surface area (Å²) in [6.07, 6.45) is 2.78. The number of aromatic hydroxyl groups is 1. The van der Waals surface area contributed by atoms with Gasteiger partial charge in [0, 0.05) is 30.9 Å². The molecule has 4 atom stereocenters. The molecule has 0 radical (unpaired) electrons. The maximum Gasteiger partial charge on any atom is 0.253 e. The van der Waals surface area contributed by atoms with Crippen LogP contribution in [0.5, 0.6) is 5.75 Å². The molecule has 0 saturated carbocycles. The minimum absolute atomic E-state index is 0.0242. The number of H-pyrrole nitrogens is 1. The third-order valence-corrected chi connectivity index (χ3v) is 7.18. The first-order chi connectivity index (χ1) is 15.4. The molecule has 5 rings (SSSR count). The predicted molar refractivity (Wildman–Crippen MR) is 123 cm³/mol. The van der Waals surface area contributed by atoms with Crippen molar-refractivity contribution >= 4 is 23.2 Å². The Kier molecular flexibility index (Phi) is 5.33. The number of aromatic nitrogens is 1. The van der Waals surface area contributed by atoms with Crippen LogP contribution in [-0.4, -0.2) is 29.1 Å². The highest BCUT2D eigenvalue weighted by molar-refractivity contribution is 6.33. The summed E-state index contributed by atoms with van der Waals surface area (Å²) >= 11 is 6.52. The number of halogens is 2. The van der Waals surface area contributed by atoms with E-state index in [0.29, 0.717) is 23.7 Å². The molecule has 7 heteroatoms. The van der Waals surface area contributed by atoms with Crippen LogP contribution in [0.15, 0.2) is 54.7 Å². The topological polar surface area (TPSA) is 68.4 Å². The molecule has 1 amide bonds. The summed E-state index contributed by atoms with van der Waals surface area (Å²) in [6.45, 7) is 3.50. The number of anilines is 1. The largest absolute Gasteiger partial charge is 0.508 e. The highest BCUT2D eigenvalue weighted by Gasteiger charge is 2.41. The highest BCUT2D eigenvalue weighted by atomic mass is 35.5. The van der Waals surface area contributed by atoms with Crippen LogP contribution >= 0.6 is 11.6 Å². The fourth-order valence-corrected chi connectivity index (χ4v) is 5.75. The second-order valence-electron chi connectivity index (χ2n) is 8.88. The lowest BCUT2D eigenvalue weighted by atomic mass is 9.73. The van der Waals surface area contributed by atoms with E-state index in [2.05, 4.69) is 22.1 Å². The van der Waals surface area contributed by atoms with Crippen LogP contribution in [0.25, 0.3) is 0 Å². The summed E-state index contributed by atoms with van der Waals surface area (Å²) in [5, 5.41) is 13.2. The van der Waals surface area contributed by atoms with E-state index in [1.54, 1.807) is 18.2 Å². The lowest BCUT2D eigenvalue weighted by Crippen LogP contribution is -2.47. The molecule has 1 fully saturated rings. The van der Waals surface area contributed by atoms with Crippen LogP contribution in [0.1, 0.15) is 46.9 Å². The standard InChI is InChI=1S/C25H25ClFN3O2/c1-14-10-16(20-12-29-25(32)19-8-9-28-23(19)20)13-30(22-7-4-17(27)11-21(22)26)24(14)15-2-5-18(31)6-3-15/h2-9,11,14,16,20,24,28,31H,10,12-13H2,1H3,(H,29,32). The average Bonchev–Trinajstić information content (AvgIpc) is 3.25. The molecule has 32 heavy (non-hydrogen) atoms. The maximum absolute atomic E-state index is 13.8. The van der Waals surface area contributed by atoms with Crippen LogP contribution in [0.3, 0.4) is 0 Å². The number of rotatable bonds is 3. The van der Waals surface area contributed by atoms with Gasteiger partial charge in [-0.05, 0) is 60.2 Å². The Morgan fingerprint density at radius 3 is 2.69 bits per heavy atom. The number of nitrogens with zero attached hydrogens (tertiary/aromatic N) is 1. The SMILES string of the molecule is CC1CC(C2CNC(=O)c3cc[nH]c32)CN(c2ccc(F)cc2Cl)C1c1ccc(O)cc1. The lowest BCUT2D eigenvalue weighted by molar-refractivity contribution is 0.0929. The Morgan fingerprint density at radius 1 is 1.16 bits per heavy atom. The van der Waals surface area contributed by atoms with Gasteiger partial charge in [0.1, 0.15) is 11.6 Å². The van der Waals surface area contributed by atoms with Crippen LogP contribution in [0, 0.1) is 17.7 Å². The van der Waals surface area contributed by atoms with Crippen LogP contribution < -0.4 is 10.2 Å². The van der Waals surface area contributed by atoms with Gasteiger partial charge in [-0.15, -0.1) is 0 Å². The molecule has 0 aliphatic carbocycles. The molecule has 166 valence electrons. The molecule has 2 aliphatic heterocycles. The maximum atomic E-state index is 13.8. The summed E-state index contributed by atoms with van der Waals surface area (Å²) in [5.41, 5.74) is 3.56. The Morgan fingerprint density at radius 2 is 1.94 bits per heavy atom. The molecule has 2 aromatic carbocycles. The van der Waals surface area contributed by atoms with E-state index < -0.39 is 0 Å². The van der Waals surface area contributed by atoms with E-state index in [9.17, 15) is 14.3 Å². The summed E-state index contributed by atoms with van der Waals surface area (Å²) < 4.78 is 13.8. The minimum Gasteiger partial charge on any atom is -0.508 e. The van der Waals surface area contributed by atoms with Crippen molar-refractivity contribution < 1.29 is 14.3 Å². The van der Waals surface area contributed by atoms with Gasteiger partial charge < -0.3 is 20.3 Å². The van der Waals surface area contributed by atoms with E-state index in [4.69, 9.17) is 11.6 Å². The number of hydrogen-bond acceptors (Lipinski definition) is 3. The molecule has 4 unspecified atom stereocenters. The average molecular weight is 454 g/mol. The van der Waals surface area contributed by atoms with E-state index in [1.165, 1.54) is 12.1 Å². The fourth-order valence-electron chi connectivity index (χ4n) is 5.48. The number of fused-ring (bicyclic) bond motifs is 1. The van der Waals surface area contributed by atoms with E-state index >= 15 is 0 Å². The van der Waals surface area contributed by atoms with Gasteiger partial charge in [0.05, 0.1) is 22.3 Å². The monoisotopic (exact) mass is 453 g/mol. The van der Waals surface area contributed by atoms with Crippen LogP contribution in [0.2, 0.25) is 5.02 Å². The highest BCUT2D eigenvalue weighted by Crippen LogP contribution is 2.47. The number of nitrogens with one attached hydrogen (secondary N) is 2. The third kappa shape index (κ3) is 3.62. The van der Waals surface area contributed by atoms with Gasteiger partial charge >= 0.3 is 0 Å². The molecule has 3 aromatic rings. The minimum atomic E-state index is -0.368. The predicted octanol–water partition coefficient (Wildman–Crippen LogP) is 5.24. The summed E-state index contributed by atoms with van der Waals surface area (Å²) in [6, 6.07) is 13.6. The van der Waals surface area contributed by atoms with Crippen molar-refractivity contribution in [3.05, 3.63) is 82.4 Å². The Labute approximate surface area is 191 Å². The van der Waals surface area contributed by atoms with Crippen molar-refractivity contribution in [3.63, 3.8) is 0 Å². The first-order valence-corrected chi connectivity index (χ1v) is 11.3. The zero-order chi connectivity index (χ0) is 22.4.